The highest BCUT2D eigenvalue weighted by Gasteiger charge is 2.06. The van der Waals surface area contributed by atoms with Gasteiger partial charge in [-0.1, -0.05) is 38.1 Å². The van der Waals surface area contributed by atoms with E-state index in [0.717, 1.165) is 35.6 Å². The van der Waals surface area contributed by atoms with Crippen molar-refractivity contribution in [1.29, 1.82) is 0 Å². The molecule has 138 valence electrons. The van der Waals surface area contributed by atoms with Gasteiger partial charge in [0.15, 0.2) is 0 Å². The number of hydrogen-bond donors (Lipinski definition) is 1. The van der Waals surface area contributed by atoms with E-state index in [1.165, 1.54) is 0 Å². The predicted octanol–water partition coefficient (Wildman–Crippen LogP) is 2.93. The van der Waals surface area contributed by atoms with Crippen LogP contribution in [0.5, 0.6) is 0 Å². The molecule has 0 radical (unpaired) electrons. The summed E-state index contributed by atoms with van der Waals surface area (Å²) < 4.78 is 3.61. The van der Waals surface area contributed by atoms with E-state index >= 15 is 0 Å². The van der Waals surface area contributed by atoms with Crippen LogP contribution < -0.4 is 5.32 Å². The summed E-state index contributed by atoms with van der Waals surface area (Å²) in [5.41, 5.74) is 3.91. The van der Waals surface area contributed by atoms with Crippen LogP contribution >= 0.6 is 0 Å². The Balaban J connectivity index is 1.67. The fourth-order valence-electron chi connectivity index (χ4n) is 2.55. The zero-order chi connectivity index (χ0) is 18.5. The minimum absolute atomic E-state index is 0.424. The number of nitrogens with one attached hydrogen (secondary N) is 1. The van der Waals surface area contributed by atoms with Crippen molar-refractivity contribution >= 4 is 0 Å². The van der Waals surface area contributed by atoms with Crippen molar-refractivity contribution in [3.05, 3.63) is 48.0 Å². The van der Waals surface area contributed by atoms with Crippen molar-refractivity contribution in [1.82, 2.24) is 35.3 Å². The Morgan fingerprint density at radius 2 is 1.38 bits per heavy atom. The molecule has 0 spiro atoms. The van der Waals surface area contributed by atoms with Gasteiger partial charge in [-0.25, -0.2) is 9.36 Å². The summed E-state index contributed by atoms with van der Waals surface area (Å²) in [5, 5.41) is 20.2. The largest absolute Gasteiger partial charge is 0.309 e. The number of rotatable bonds is 8. The molecular formula is C19H27N7. The molecule has 3 rings (SSSR count). The lowest BCUT2D eigenvalue weighted by Gasteiger charge is -2.04. The third-order valence-electron chi connectivity index (χ3n) is 4.13. The van der Waals surface area contributed by atoms with Crippen LogP contribution in [0.15, 0.2) is 36.7 Å². The summed E-state index contributed by atoms with van der Waals surface area (Å²) in [6.07, 6.45) is 6.03. The molecule has 0 bridgehead atoms. The van der Waals surface area contributed by atoms with E-state index < -0.39 is 0 Å². The second-order valence-corrected chi connectivity index (χ2v) is 7.29. The van der Waals surface area contributed by atoms with Gasteiger partial charge in [-0.3, -0.25) is 0 Å². The van der Waals surface area contributed by atoms with Gasteiger partial charge in [-0.2, -0.15) is 0 Å². The molecule has 0 saturated carbocycles. The Bertz CT molecular complexity index is 745. The molecule has 7 nitrogen and oxygen atoms in total. The van der Waals surface area contributed by atoms with Crippen LogP contribution in [0.3, 0.4) is 0 Å². The van der Waals surface area contributed by atoms with Crippen LogP contribution in [0.1, 0.15) is 45.5 Å². The van der Waals surface area contributed by atoms with E-state index in [4.69, 9.17) is 0 Å². The highest BCUT2D eigenvalue weighted by Crippen LogP contribution is 2.13. The summed E-state index contributed by atoms with van der Waals surface area (Å²) >= 11 is 0. The standard InChI is InChI=1S/C19H27N7/c1-14(2)5-6-16-12-25(23-21-16)18-7-9-19(10-8-18)26-13-17(22-24-26)11-20-15(3)4/h7-10,12-15,20H,5-6,11H2,1-4H3. The van der Waals surface area contributed by atoms with Crippen molar-refractivity contribution < 1.29 is 0 Å². The molecule has 2 aromatic heterocycles. The van der Waals surface area contributed by atoms with Crippen LogP contribution in [-0.2, 0) is 13.0 Å². The van der Waals surface area contributed by atoms with Crippen molar-refractivity contribution in [2.75, 3.05) is 0 Å². The Kier molecular flexibility index (Phi) is 5.78. The van der Waals surface area contributed by atoms with Gasteiger partial charge in [0.25, 0.3) is 0 Å². The van der Waals surface area contributed by atoms with Crippen LogP contribution in [-0.4, -0.2) is 36.0 Å². The van der Waals surface area contributed by atoms with Crippen LogP contribution in [0.25, 0.3) is 11.4 Å². The van der Waals surface area contributed by atoms with Gasteiger partial charge in [0.05, 0.1) is 35.2 Å². The summed E-state index contributed by atoms with van der Waals surface area (Å²) in [5.74, 6) is 0.669. The number of aromatic nitrogens is 6. The smallest absolute Gasteiger partial charge is 0.0969 e. The monoisotopic (exact) mass is 353 g/mol. The summed E-state index contributed by atoms with van der Waals surface area (Å²) in [4.78, 5) is 0. The minimum Gasteiger partial charge on any atom is -0.309 e. The third-order valence-corrected chi connectivity index (χ3v) is 4.13. The summed E-state index contributed by atoms with van der Waals surface area (Å²) in [6, 6.07) is 8.49. The maximum Gasteiger partial charge on any atom is 0.0969 e. The van der Waals surface area contributed by atoms with Crippen molar-refractivity contribution in [2.45, 2.75) is 53.1 Å². The Morgan fingerprint density at radius 3 is 1.92 bits per heavy atom. The van der Waals surface area contributed by atoms with E-state index in [2.05, 4.69) is 53.6 Å². The van der Waals surface area contributed by atoms with Gasteiger partial charge in [-0.15, -0.1) is 10.2 Å². The van der Waals surface area contributed by atoms with Crippen LogP contribution in [0.4, 0.5) is 0 Å². The second kappa shape index (κ2) is 8.23. The van der Waals surface area contributed by atoms with Gasteiger partial charge in [0.1, 0.15) is 0 Å². The van der Waals surface area contributed by atoms with E-state index in [1.807, 2.05) is 41.3 Å². The Labute approximate surface area is 154 Å². The molecule has 0 fully saturated rings. The topological polar surface area (TPSA) is 73.5 Å². The van der Waals surface area contributed by atoms with Gasteiger partial charge in [-0.05, 0) is 43.0 Å². The molecule has 1 aromatic carbocycles. The van der Waals surface area contributed by atoms with E-state index in [-0.39, 0.29) is 0 Å². The summed E-state index contributed by atoms with van der Waals surface area (Å²) in [6.45, 7) is 9.38. The van der Waals surface area contributed by atoms with Gasteiger partial charge >= 0.3 is 0 Å². The molecule has 0 saturated heterocycles. The maximum absolute atomic E-state index is 4.26. The van der Waals surface area contributed by atoms with E-state index in [9.17, 15) is 0 Å². The molecule has 0 aliphatic rings. The van der Waals surface area contributed by atoms with Gasteiger partial charge in [0.2, 0.25) is 0 Å². The normalized spacial score (nSPS) is 11.6. The van der Waals surface area contributed by atoms with Crippen LogP contribution in [0, 0.1) is 5.92 Å². The second-order valence-electron chi connectivity index (χ2n) is 7.29. The molecule has 1 N–H and O–H groups in total. The highest BCUT2D eigenvalue weighted by atomic mass is 15.4. The average molecular weight is 353 g/mol. The highest BCUT2D eigenvalue weighted by molar-refractivity contribution is 5.40. The van der Waals surface area contributed by atoms with E-state index in [1.54, 1.807) is 4.68 Å². The summed E-state index contributed by atoms with van der Waals surface area (Å²) in [7, 11) is 0. The van der Waals surface area contributed by atoms with Gasteiger partial charge < -0.3 is 5.32 Å². The number of hydrogen-bond acceptors (Lipinski definition) is 5. The zero-order valence-electron chi connectivity index (χ0n) is 15.9. The van der Waals surface area contributed by atoms with Crippen LogP contribution in [0.2, 0.25) is 0 Å². The average Bonchev–Trinajstić information content (AvgIpc) is 3.28. The molecule has 0 aliphatic carbocycles. The lowest BCUT2D eigenvalue weighted by molar-refractivity contribution is 0.580. The minimum atomic E-state index is 0.424. The number of aryl methyl sites for hydroxylation is 1. The lowest BCUT2D eigenvalue weighted by Crippen LogP contribution is -2.21. The zero-order valence-corrected chi connectivity index (χ0v) is 15.9. The third kappa shape index (κ3) is 4.76. The molecule has 0 atom stereocenters. The van der Waals surface area contributed by atoms with Crippen molar-refractivity contribution in [3.63, 3.8) is 0 Å². The number of nitrogens with zero attached hydrogens (tertiary/aromatic N) is 6. The fourth-order valence-corrected chi connectivity index (χ4v) is 2.55. The van der Waals surface area contributed by atoms with Crippen molar-refractivity contribution in [3.8, 4) is 11.4 Å². The molecule has 7 heteroatoms. The molecular weight excluding hydrogens is 326 g/mol. The molecule has 3 aromatic rings. The quantitative estimate of drug-likeness (QED) is 0.674. The molecule has 2 heterocycles. The lowest BCUT2D eigenvalue weighted by atomic mass is 10.1. The van der Waals surface area contributed by atoms with Gasteiger partial charge in [0, 0.05) is 12.6 Å². The molecule has 26 heavy (non-hydrogen) atoms. The maximum atomic E-state index is 4.26. The molecule has 0 amide bonds. The van der Waals surface area contributed by atoms with Crippen molar-refractivity contribution in [2.24, 2.45) is 5.92 Å². The SMILES string of the molecule is CC(C)CCc1cn(-c2ccc(-n3cc(CNC(C)C)nn3)cc2)nn1. The first kappa shape index (κ1) is 18.3. The first-order valence-electron chi connectivity index (χ1n) is 9.18. The predicted molar refractivity (Wildman–Crippen MR) is 101 cm³/mol. The first-order chi connectivity index (χ1) is 12.5. The fraction of sp³-hybridized carbons (Fsp3) is 0.474. The van der Waals surface area contributed by atoms with E-state index in [0.29, 0.717) is 18.5 Å². The number of benzene rings is 1. The Morgan fingerprint density at radius 1 is 0.846 bits per heavy atom. The first-order valence-corrected chi connectivity index (χ1v) is 9.18. The molecule has 0 unspecified atom stereocenters. The molecule has 0 aliphatic heterocycles. The Hall–Kier alpha value is -2.54.